The van der Waals surface area contributed by atoms with E-state index >= 15 is 0 Å². The molecule has 19 heavy (non-hydrogen) atoms. The molecule has 0 unspecified atom stereocenters. The fourth-order valence-electron chi connectivity index (χ4n) is 1.72. The summed E-state index contributed by atoms with van der Waals surface area (Å²) in [6.45, 7) is 0. The summed E-state index contributed by atoms with van der Waals surface area (Å²) in [6, 6.07) is 2.89. The molecule has 2 N–H and O–H groups in total. The number of esters is 1. The Bertz CT molecular complexity index is 653. The Morgan fingerprint density at radius 2 is 2.05 bits per heavy atom. The number of fused-ring (bicyclic) bond motifs is 1. The van der Waals surface area contributed by atoms with Crippen molar-refractivity contribution < 1.29 is 22.7 Å². The summed E-state index contributed by atoms with van der Waals surface area (Å²) in [6.07, 6.45) is -3.34. The number of ether oxygens (including phenoxy) is 1. The van der Waals surface area contributed by atoms with Crippen molar-refractivity contribution in [2.24, 2.45) is 0 Å². The highest BCUT2D eigenvalue weighted by Crippen LogP contribution is 2.32. The lowest BCUT2D eigenvalue weighted by Gasteiger charge is -2.10. The maximum absolute atomic E-state index is 12.6. The number of anilines is 1. The van der Waals surface area contributed by atoms with Gasteiger partial charge in [0, 0.05) is 5.39 Å². The molecule has 1 heterocycles. The average Bonchev–Trinajstić information content (AvgIpc) is 2.36. The number of halogens is 3. The third-order valence-corrected chi connectivity index (χ3v) is 2.62. The van der Waals surface area contributed by atoms with Gasteiger partial charge in [-0.3, -0.25) is 4.98 Å². The summed E-state index contributed by atoms with van der Waals surface area (Å²) in [5.74, 6) is -0.718. The van der Waals surface area contributed by atoms with Gasteiger partial charge in [-0.25, -0.2) is 4.79 Å². The summed E-state index contributed by atoms with van der Waals surface area (Å²) in [5, 5.41) is 0.222. The Morgan fingerprint density at radius 1 is 1.37 bits per heavy atom. The Balaban J connectivity index is 2.72. The van der Waals surface area contributed by atoms with Gasteiger partial charge in [-0.05, 0) is 12.1 Å². The molecule has 100 valence electrons. The molecule has 0 spiro atoms. The second-order valence-corrected chi connectivity index (χ2v) is 3.81. The maximum Gasteiger partial charge on any atom is 0.416 e. The molecule has 0 atom stereocenters. The van der Waals surface area contributed by atoms with E-state index in [0.717, 1.165) is 31.5 Å². The molecule has 1 aromatic heterocycles. The number of carbonyl (C=O) groups is 1. The highest BCUT2D eigenvalue weighted by molar-refractivity contribution is 6.07. The molecule has 0 radical (unpaired) electrons. The topological polar surface area (TPSA) is 65.2 Å². The summed E-state index contributed by atoms with van der Waals surface area (Å²) in [7, 11) is 1.16. The molecule has 0 aliphatic rings. The van der Waals surface area contributed by atoms with Crippen LogP contribution in [0.4, 0.5) is 18.9 Å². The first-order valence-electron chi connectivity index (χ1n) is 5.18. The van der Waals surface area contributed by atoms with Crippen LogP contribution in [0.1, 0.15) is 15.9 Å². The van der Waals surface area contributed by atoms with E-state index in [4.69, 9.17) is 5.73 Å². The van der Waals surface area contributed by atoms with Gasteiger partial charge in [0.05, 0.1) is 35.6 Å². The summed E-state index contributed by atoms with van der Waals surface area (Å²) in [5.41, 5.74) is 4.86. The molecule has 0 bridgehead atoms. The molecule has 0 aliphatic heterocycles. The fourth-order valence-corrected chi connectivity index (χ4v) is 1.72. The lowest BCUT2D eigenvalue weighted by Crippen LogP contribution is -2.09. The molecule has 0 amide bonds. The molecule has 1 aromatic carbocycles. The van der Waals surface area contributed by atoms with Crippen molar-refractivity contribution in [3.05, 3.63) is 35.5 Å². The van der Waals surface area contributed by atoms with E-state index in [2.05, 4.69) is 9.72 Å². The summed E-state index contributed by atoms with van der Waals surface area (Å²) < 4.78 is 42.3. The van der Waals surface area contributed by atoms with Gasteiger partial charge in [0.2, 0.25) is 0 Å². The number of methoxy groups -OCH3 is 1. The predicted molar refractivity (Wildman–Crippen MR) is 62.5 cm³/mol. The fraction of sp³-hybridized carbons (Fsp3) is 0.167. The number of nitrogens with two attached hydrogens (primary N) is 1. The molecule has 0 fully saturated rings. The average molecular weight is 270 g/mol. The van der Waals surface area contributed by atoms with E-state index < -0.39 is 17.7 Å². The summed E-state index contributed by atoms with van der Waals surface area (Å²) >= 11 is 0. The first-order chi connectivity index (χ1) is 8.84. The Hall–Kier alpha value is -2.31. The third kappa shape index (κ3) is 2.31. The number of aromatic nitrogens is 1. The van der Waals surface area contributed by atoms with Gasteiger partial charge < -0.3 is 10.5 Å². The Labute approximate surface area is 106 Å². The van der Waals surface area contributed by atoms with E-state index in [1.54, 1.807) is 0 Å². The number of rotatable bonds is 1. The highest BCUT2D eigenvalue weighted by atomic mass is 19.4. The van der Waals surface area contributed by atoms with Crippen LogP contribution in [-0.4, -0.2) is 18.1 Å². The van der Waals surface area contributed by atoms with Gasteiger partial charge in [0.25, 0.3) is 0 Å². The minimum absolute atomic E-state index is 0.0150. The van der Waals surface area contributed by atoms with Crippen LogP contribution < -0.4 is 5.73 Å². The number of benzene rings is 1. The zero-order valence-electron chi connectivity index (χ0n) is 9.78. The van der Waals surface area contributed by atoms with Crippen LogP contribution in [0.2, 0.25) is 0 Å². The number of hydrogen-bond acceptors (Lipinski definition) is 4. The van der Waals surface area contributed by atoms with E-state index in [9.17, 15) is 18.0 Å². The second kappa shape index (κ2) is 4.42. The molecular formula is C12H9F3N2O2. The number of hydrogen-bond donors (Lipinski definition) is 1. The molecular weight excluding hydrogens is 261 g/mol. The van der Waals surface area contributed by atoms with Crippen LogP contribution in [-0.2, 0) is 10.9 Å². The van der Waals surface area contributed by atoms with Crippen molar-refractivity contribution in [2.75, 3.05) is 12.8 Å². The van der Waals surface area contributed by atoms with Crippen molar-refractivity contribution in [1.29, 1.82) is 0 Å². The van der Waals surface area contributed by atoms with Crippen LogP contribution in [0.25, 0.3) is 10.9 Å². The van der Waals surface area contributed by atoms with Crippen molar-refractivity contribution in [3.8, 4) is 0 Å². The lowest BCUT2D eigenvalue weighted by molar-refractivity contribution is -0.137. The van der Waals surface area contributed by atoms with Gasteiger partial charge in [0.15, 0.2) is 0 Å². The van der Waals surface area contributed by atoms with Gasteiger partial charge in [-0.15, -0.1) is 0 Å². The molecule has 0 saturated heterocycles. The number of nitrogen functional groups attached to an aromatic ring is 1. The zero-order valence-corrected chi connectivity index (χ0v) is 9.78. The van der Waals surface area contributed by atoms with Crippen LogP contribution in [0, 0.1) is 0 Å². The molecule has 4 nitrogen and oxygen atoms in total. The minimum atomic E-state index is -4.47. The van der Waals surface area contributed by atoms with Gasteiger partial charge >= 0.3 is 12.1 Å². The van der Waals surface area contributed by atoms with E-state index in [1.807, 2.05) is 0 Å². The standard InChI is InChI=1S/C12H9F3N2O2/c1-19-11(18)10-7-3-2-6(12(13,14)15)4-9(7)17-5-8(10)16/h2-5H,16H2,1H3. The smallest absolute Gasteiger partial charge is 0.416 e. The molecule has 0 aliphatic carbocycles. The van der Waals surface area contributed by atoms with E-state index in [1.165, 1.54) is 0 Å². The number of carbonyl (C=O) groups excluding carboxylic acids is 1. The van der Waals surface area contributed by atoms with Crippen LogP contribution in [0.15, 0.2) is 24.4 Å². The SMILES string of the molecule is COC(=O)c1c(N)cnc2cc(C(F)(F)F)ccc12. The van der Waals surface area contributed by atoms with Gasteiger partial charge in [-0.2, -0.15) is 13.2 Å². The van der Waals surface area contributed by atoms with Crippen molar-refractivity contribution in [3.63, 3.8) is 0 Å². The number of nitrogens with zero attached hydrogens (tertiary/aromatic N) is 1. The van der Waals surface area contributed by atoms with E-state index in [-0.39, 0.29) is 22.2 Å². The van der Waals surface area contributed by atoms with Crippen molar-refractivity contribution >= 4 is 22.6 Å². The first-order valence-corrected chi connectivity index (χ1v) is 5.18. The molecule has 0 saturated carbocycles. The molecule has 7 heteroatoms. The van der Waals surface area contributed by atoms with Crippen LogP contribution in [0.5, 0.6) is 0 Å². The monoisotopic (exact) mass is 270 g/mol. The van der Waals surface area contributed by atoms with Crippen molar-refractivity contribution in [2.45, 2.75) is 6.18 Å². The van der Waals surface area contributed by atoms with Crippen LogP contribution in [0.3, 0.4) is 0 Å². The lowest BCUT2D eigenvalue weighted by atomic mass is 10.0. The van der Waals surface area contributed by atoms with Crippen molar-refractivity contribution in [1.82, 2.24) is 4.98 Å². The highest BCUT2D eigenvalue weighted by Gasteiger charge is 2.31. The first kappa shape index (κ1) is 13.1. The normalized spacial score (nSPS) is 11.6. The van der Waals surface area contributed by atoms with Gasteiger partial charge in [-0.1, -0.05) is 6.07 Å². The quantitative estimate of drug-likeness (QED) is 0.809. The zero-order chi connectivity index (χ0) is 14.2. The second-order valence-electron chi connectivity index (χ2n) is 3.81. The molecule has 2 rings (SSSR count). The third-order valence-electron chi connectivity index (χ3n) is 2.62. The number of alkyl halides is 3. The maximum atomic E-state index is 12.6. The van der Waals surface area contributed by atoms with Gasteiger partial charge in [0.1, 0.15) is 0 Å². The number of pyridine rings is 1. The Morgan fingerprint density at radius 3 is 2.63 bits per heavy atom. The predicted octanol–water partition coefficient (Wildman–Crippen LogP) is 2.62. The Kier molecular flexibility index (Phi) is 3.05. The van der Waals surface area contributed by atoms with E-state index in [0.29, 0.717) is 0 Å². The largest absolute Gasteiger partial charge is 0.465 e. The minimum Gasteiger partial charge on any atom is -0.465 e. The summed E-state index contributed by atoms with van der Waals surface area (Å²) in [4.78, 5) is 15.4. The molecule has 2 aromatic rings. The van der Waals surface area contributed by atoms with Crippen LogP contribution >= 0.6 is 0 Å².